The van der Waals surface area contributed by atoms with Gasteiger partial charge in [0.1, 0.15) is 18.9 Å². The summed E-state index contributed by atoms with van der Waals surface area (Å²) < 4.78 is 10.9. The molecule has 51 heavy (non-hydrogen) atoms. The number of aliphatic hydroxyl groups excluding tert-OH is 1. The average molecular weight is 728 g/mol. The first-order chi connectivity index (χ1) is 24.2. The van der Waals surface area contributed by atoms with Gasteiger partial charge in [-0.2, -0.15) is 0 Å². The number of β-lactam (4-membered cyclic amide) rings is 1. The number of nitro benzene ring substituents is 2. The first-order valence-corrected chi connectivity index (χ1v) is 17.0. The summed E-state index contributed by atoms with van der Waals surface area (Å²) in [6.07, 6.45) is -1.54. The number of carbonyl (C=O) groups is 4. The summed E-state index contributed by atoms with van der Waals surface area (Å²) in [5.41, 5.74) is 0.769. The molecule has 2 N–H and O–H groups in total. The van der Waals surface area contributed by atoms with E-state index in [0.717, 1.165) is 0 Å². The Bertz CT molecular complexity index is 1730. The molecular formula is C33H37N5O12S. The minimum Gasteiger partial charge on any atom is -0.477 e. The smallest absolute Gasteiger partial charge is 0.410 e. The largest absolute Gasteiger partial charge is 0.477 e. The lowest BCUT2D eigenvalue weighted by Crippen LogP contribution is -2.63. The number of nitrogens with zero attached hydrogens (tertiary/aromatic N) is 5. The maximum Gasteiger partial charge on any atom is 0.410 e. The molecule has 272 valence electrons. The maximum absolute atomic E-state index is 13.5. The van der Waals surface area contributed by atoms with Crippen molar-refractivity contribution >= 4 is 47.2 Å². The van der Waals surface area contributed by atoms with Gasteiger partial charge in [-0.1, -0.05) is 6.92 Å². The summed E-state index contributed by atoms with van der Waals surface area (Å²) in [6, 6.07) is 10.2. The van der Waals surface area contributed by atoms with Gasteiger partial charge in [0.25, 0.3) is 11.4 Å². The molecule has 2 fully saturated rings. The van der Waals surface area contributed by atoms with Crippen LogP contribution < -0.4 is 0 Å². The van der Waals surface area contributed by atoms with Crippen molar-refractivity contribution < 1.29 is 48.7 Å². The number of hydrogen-bond donors (Lipinski definition) is 2. The van der Waals surface area contributed by atoms with Gasteiger partial charge in [0.2, 0.25) is 5.91 Å². The van der Waals surface area contributed by atoms with E-state index in [1.165, 1.54) is 89.0 Å². The van der Waals surface area contributed by atoms with Crippen molar-refractivity contribution in [1.82, 2.24) is 14.7 Å². The van der Waals surface area contributed by atoms with E-state index in [4.69, 9.17) is 9.47 Å². The van der Waals surface area contributed by atoms with Crippen LogP contribution in [0.25, 0.3) is 0 Å². The SMILES string of the molecule is C[C@@H](O)[C@H]1C(=O)N2C(C(=O)O)=C(S[C@H]3C[C@@H](CCN(C)C(=O)OCc4ccc([N+](=O)[O-])cc4)N(C(=O)OCc4ccc([N+](=O)[O-])cc4)C3)[C@H](C)[C@H]12. The van der Waals surface area contributed by atoms with Gasteiger partial charge in [0.15, 0.2) is 0 Å². The molecule has 2 saturated heterocycles. The molecule has 5 rings (SSSR count). The molecule has 6 atom stereocenters. The molecule has 0 aromatic heterocycles. The number of fused-ring (bicyclic) bond motifs is 1. The molecule has 3 amide bonds. The standard InChI is InChI=1S/C33H37N5O12S/c1-18-27-26(19(2)39)30(40)36(27)28(31(41)42)29(18)51-25-14-24(35(15-25)33(44)50-17-21-6-10-23(11-7-21)38(47)48)12-13-34(3)32(43)49-16-20-4-8-22(9-5-20)37(45)46/h4-11,18-19,24-27,39H,12-17H2,1-3H3,(H,41,42)/t18-,19-,24-,25+,26-,27-/m1/s1. The van der Waals surface area contributed by atoms with Crippen LogP contribution in [0.1, 0.15) is 37.8 Å². The number of carboxylic acids is 1. The van der Waals surface area contributed by atoms with E-state index in [0.29, 0.717) is 28.9 Å². The van der Waals surface area contributed by atoms with E-state index in [2.05, 4.69) is 0 Å². The highest BCUT2D eigenvalue weighted by Crippen LogP contribution is 2.52. The van der Waals surface area contributed by atoms with Gasteiger partial charge in [-0.25, -0.2) is 14.4 Å². The Labute approximate surface area is 296 Å². The van der Waals surface area contributed by atoms with Gasteiger partial charge in [0.05, 0.1) is 27.9 Å². The zero-order valence-corrected chi connectivity index (χ0v) is 28.8. The van der Waals surface area contributed by atoms with Crippen molar-refractivity contribution in [3.8, 4) is 0 Å². The van der Waals surface area contributed by atoms with E-state index >= 15 is 0 Å². The molecule has 3 heterocycles. The van der Waals surface area contributed by atoms with Crippen molar-refractivity contribution in [3.05, 3.63) is 90.5 Å². The number of amides is 3. The van der Waals surface area contributed by atoms with E-state index in [-0.39, 0.29) is 54.5 Å². The summed E-state index contributed by atoms with van der Waals surface area (Å²) in [4.78, 5) is 76.8. The minimum absolute atomic E-state index is 0.0915. The predicted octanol–water partition coefficient (Wildman–Crippen LogP) is 4.13. The van der Waals surface area contributed by atoms with Crippen LogP contribution in [-0.4, -0.2) is 102 Å². The lowest BCUT2D eigenvalue weighted by molar-refractivity contribution is -0.385. The van der Waals surface area contributed by atoms with E-state index in [1.807, 2.05) is 6.92 Å². The van der Waals surface area contributed by atoms with Gasteiger partial charge in [-0.3, -0.25) is 25.0 Å². The summed E-state index contributed by atoms with van der Waals surface area (Å²) in [5, 5.41) is 41.9. The highest BCUT2D eigenvalue weighted by Gasteiger charge is 2.60. The minimum atomic E-state index is -1.26. The number of aliphatic carboxylic acids is 1. The summed E-state index contributed by atoms with van der Waals surface area (Å²) in [5.74, 6) is -2.78. The number of carbonyl (C=O) groups excluding carboxylic acids is 3. The molecule has 0 spiro atoms. The number of non-ortho nitro benzene ring substituents is 2. The van der Waals surface area contributed by atoms with Gasteiger partial charge in [-0.15, -0.1) is 11.8 Å². The summed E-state index contributed by atoms with van der Waals surface area (Å²) in [7, 11) is 1.53. The highest BCUT2D eigenvalue weighted by atomic mass is 32.2. The molecule has 17 nitrogen and oxygen atoms in total. The fourth-order valence-corrected chi connectivity index (χ4v) is 8.22. The van der Waals surface area contributed by atoms with E-state index in [9.17, 15) is 49.6 Å². The highest BCUT2D eigenvalue weighted by molar-refractivity contribution is 8.03. The number of nitro groups is 2. The third kappa shape index (κ3) is 7.91. The lowest BCUT2D eigenvalue weighted by atomic mass is 9.79. The molecule has 0 bridgehead atoms. The summed E-state index contributed by atoms with van der Waals surface area (Å²) >= 11 is 1.28. The van der Waals surface area contributed by atoms with Crippen LogP contribution in [0.5, 0.6) is 0 Å². The van der Waals surface area contributed by atoms with Crippen LogP contribution in [0.2, 0.25) is 0 Å². The normalized spacial score (nSPS) is 23.0. The molecule has 0 unspecified atom stereocenters. The van der Waals surface area contributed by atoms with Crippen molar-refractivity contribution in [3.63, 3.8) is 0 Å². The Kier molecular flexibility index (Phi) is 11.1. The number of carboxylic acid groups (broad SMARTS) is 1. The molecule has 3 aliphatic heterocycles. The van der Waals surface area contributed by atoms with Crippen LogP contribution in [0, 0.1) is 32.1 Å². The van der Waals surface area contributed by atoms with E-state index < -0.39 is 58.0 Å². The molecule has 18 heteroatoms. The Morgan fingerprint density at radius 1 is 1.00 bits per heavy atom. The Hall–Kier alpha value is -5.23. The zero-order valence-electron chi connectivity index (χ0n) is 27.9. The van der Waals surface area contributed by atoms with E-state index in [1.54, 1.807) is 0 Å². The van der Waals surface area contributed by atoms with Crippen molar-refractivity contribution in [2.24, 2.45) is 11.8 Å². The second kappa shape index (κ2) is 15.3. The van der Waals surface area contributed by atoms with Crippen LogP contribution in [0.15, 0.2) is 59.1 Å². The van der Waals surface area contributed by atoms with Crippen molar-refractivity contribution in [1.29, 1.82) is 0 Å². The molecule has 2 aromatic rings. The van der Waals surface area contributed by atoms with Crippen LogP contribution in [-0.2, 0) is 32.3 Å². The second-order valence-electron chi connectivity index (χ2n) is 12.7. The third-order valence-electron chi connectivity index (χ3n) is 9.34. The Morgan fingerprint density at radius 3 is 2.06 bits per heavy atom. The first-order valence-electron chi connectivity index (χ1n) is 16.1. The number of rotatable bonds is 13. The second-order valence-corrected chi connectivity index (χ2v) is 14.1. The Morgan fingerprint density at radius 2 is 1.55 bits per heavy atom. The average Bonchev–Trinajstić information content (AvgIpc) is 3.61. The zero-order chi connectivity index (χ0) is 37.1. The van der Waals surface area contributed by atoms with Crippen molar-refractivity contribution in [2.45, 2.75) is 63.3 Å². The number of ether oxygens (including phenoxy) is 2. The number of likely N-dealkylation sites (tertiary alicyclic amines) is 1. The Balaban J connectivity index is 1.26. The number of aliphatic hydroxyl groups is 1. The molecule has 0 radical (unpaired) electrons. The quantitative estimate of drug-likeness (QED) is 0.168. The fourth-order valence-electron chi connectivity index (χ4n) is 6.66. The third-order valence-corrected chi connectivity index (χ3v) is 10.8. The molecule has 3 aliphatic rings. The topological polar surface area (TPSA) is 223 Å². The van der Waals surface area contributed by atoms with Crippen LogP contribution in [0.3, 0.4) is 0 Å². The fraction of sp³-hybridized carbons (Fsp3) is 0.455. The number of hydrogen-bond acceptors (Lipinski definition) is 12. The summed E-state index contributed by atoms with van der Waals surface area (Å²) in [6.45, 7) is 3.40. The van der Waals surface area contributed by atoms with Gasteiger partial charge < -0.3 is 34.4 Å². The lowest BCUT2D eigenvalue weighted by Gasteiger charge is -2.46. The van der Waals surface area contributed by atoms with Gasteiger partial charge in [-0.05, 0) is 55.2 Å². The monoisotopic (exact) mass is 727 g/mol. The molecular weight excluding hydrogens is 690 g/mol. The molecule has 0 aliphatic carbocycles. The number of thioether (sulfide) groups is 1. The van der Waals surface area contributed by atoms with Gasteiger partial charge in [0, 0.05) is 66.5 Å². The van der Waals surface area contributed by atoms with Crippen LogP contribution >= 0.6 is 11.8 Å². The first kappa shape index (κ1) is 37.0. The van der Waals surface area contributed by atoms with Crippen molar-refractivity contribution in [2.75, 3.05) is 20.1 Å². The predicted molar refractivity (Wildman–Crippen MR) is 180 cm³/mol. The van der Waals surface area contributed by atoms with Gasteiger partial charge >= 0.3 is 18.2 Å². The molecule has 0 saturated carbocycles. The number of benzene rings is 2. The molecule has 2 aromatic carbocycles. The van der Waals surface area contributed by atoms with Crippen LogP contribution in [0.4, 0.5) is 21.0 Å². The maximum atomic E-state index is 13.5.